The SMILES string of the molecule is C=C(C)[C@H]1C[C@H](O[Si](C)(C)C(C)(C)C)[C@H](C)[C@H]1COCc1ccc(OC)cc1. The minimum Gasteiger partial charge on any atom is -0.497 e. The first kappa shape index (κ1) is 23.2. The molecule has 0 N–H and O–H groups in total. The van der Waals surface area contributed by atoms with Gasteiger partial charge in [0.25, 0.3) is 0 Å². The van der Waals surface area contributed by atoms with Gasteiger partial charge in [-0.25, -0.2) is 0 Å². The smallest absolute Gasteiger partial charge is 0.192 e. The van der Waals surface area contributed by atoms with Crippen LogP contribution in [0, 0.1) is 17.8 Å². The summed E-state index contributed by atoms with van der Waals surface area (Å²) in [7, 11) is -0.0935. The average Bonchev–Trinajstić information content (AvgIpc) is 2.91. The average molecular weight is 405 g/mol. The summed E-state index contributed by atoms with van der Waals surface area (Å²) in [5.74, 6) is 2.29. The molecule has 0 bridgehead atoms. The number of hydrogen-bond donors (Lipinski definition) is 0. The summed E-state index contributed by atoms with van der Waals surface area (Å²) < 4.78 is 18.2. The lowest BCUT2D eigenvalue weighted by Gasteiger charge is -2.39. The van der Waals surface area contributed by atoms with Gasteiger partial charge in [-0.1, -0.05) is 52.0 Å². The largest absolute Gasteiger partial charge is 0.497 e. The van der Waals surface area contributed by atoms with Crippen LogP contribution < -0.4 is 4.74 Å². The van der Waals surface area contributed by atoms with Gasteiger partial charge >= 0.3 is 0 Å². The first-order valence-electron chi connectivity index (χ1n) is 10.5. The van der Waals surface area contributed by atoms with Crippen molar-refractivity contribution in [1.29, 1.82) is 0 Å². The summed E-state index contributed by atoms with van der Waals surface area (Å²) in [5.41, 5.74) is 2.43. The number of hydrogen-bond acceptors (Lipinski definition) is 3. The van der Waals surface area contributed by atoms with E-state index in [0.717, 1.165) is 18.8 Å². The highest BCUT2D eigenvalue weighted by Crippen LogP contribution is 2.46. The molecule has 28 heavy (non-hydrogen) atoms. The molecule has 0 unspecified atom stereocenters. The van der Waals surface area contributed by atoms with Crippen molar-refractivity contribution in [3.8, 4) is 5.75 Å². The molecule has 1 saturated carbocycles. The maximum Gasteiger partial charge on any atom is 0.192 e. The Morgan fingerprint density at radius 1 is 1.18 bits per heavy atom. The second-order valence-corrected chi connectivity index (χ2v) is 14.7. The minimum atomic E-state index is -1.78. The highest BCUT2D eigenvalue weighted by molar-refractivity contribution is 6.74. The Morgan fingerprint density at radius 2 is 1.79 bits per heavy atom. The molecule has 1 aliphatic carbocycles. The molecule has 4 atom stereocenters. The van der Waals surface area contributed by atoms with E-state index in [1.165, 1.54) is 11.1 Å². The van der Waals surface area contributed by atoms with Crippen LogP contribution in [0.3, 0.4) is 0 Å². The van der Waals surface area contributed by atoms with Crippen LogP contribution in [0.4, 0.5) is 0 Å². The maximum atomic E-state index is 6.80. The third kappa shape index (κ3) is 5.49. The first-order valence-corrected chi connectivity index (χ1v) is 13.4. The highest BCUT2D eigenvalue weighted by atomic mass is 28.4. The second-order valence-electron chi connectivity index (χ2n) is 9.99. The summed E-state index contributed by atoms with van der Waals surface area (Å²) in [4.78, 5) is 0. The number of benzene rings is 1. The van der Waals surface area contributed by atoms with Gasteiger partial charge in [0.1, 0.15) is 5.75 Å². The Morgan fingerprint density at radius 3 is 2.29 bits per heavy atom. The summed E-state index contributed by atoms with van der Waals surface area (Å²) in [6.07, 6.45) is 1.37. The lowest BCUT2D eigenvalue weighted by molar-refractivity contribution is 0.0526. The van der Waals surface area contributed by atoms with E-state index in [-0.39, 0.29) is 5.04 Å². The Bertz CT molecular complexity index is 645. The van der Waals surface area contributed by atoms with Crippen LogP contribution in [0.1, 0.15) is 46.6 Å². The molecule has 0 saturated heterocycles. The lowest BCUT2D eigenvalue weighted by atomic mass is 9.87. The summed E-state index contributed by atoms with van der Waals surface area (Å²) in [5, 5.41) is 0.231. The summed E-state index contributed by atoms with van der Waals surface area (Å²) in [6, 6.07) is 8.10. The minimum absolute atomic E-state index is 0.231. The van der Waals surface area contributed by atoms with E-state index < -0.39 is 8.32 Å². The zero-order valence-electron chi connectivity index (χ0n) is 19.2. The van der Waals surface area contributed by atoms with E-state index >= 15 is 0 Å². The molecular formula is C24H40O3Si. The van der Waals surface area contributed by atoms with Crippen molar-refractivity contribution >= 4 is 8.32 Å². The van der Waals surface area contributed by atoms with Gasteiger partial charge in [-0.15, -0.1) is 0 Å². The van der Waals surface area contributed by atoms with Crippen molar-refractivity contribution in [3.63, 3.8) is 0 Å². The van der Waals surface area contributed by atoms with Gasteiger partial charge in [0.2, 0.25) is 0 Å². The molecule has 0 aromatic heterocycles. The van der Waals surface area contributed by atoms with Gasteiger partial charge in [0.15, 0.2) is 8.32 Å². The molecule has 0 amide bonds. The third-order valence-electron chi connectivity index (χ3n) is 6.89. The molecule has 0 spiro atoms. The fourth-order valence-electron chi connectivity index (χ4n) is 3.86. The molecule has 158 valence electrons. The molecule has 3 nitrogen and oxygen atoms in total. The van der Waals surface area contributed by atoms with Crippen molar-refractivity contribution < 1.29 is 13.9 Å². The van der Waals surface area contributed by atoms with Crippen molar-refractivity contribution in [2.45, 2.75) is 71.9 Å². The molecule has 1 fully saturated rings. The van der Waals surface area contributed by atoms with E-state index in [9.17, 15) is 0 Å². The molecule has 1 aromatic rings. The normalized spacial score (nSPS) is 25.7. The Balaban J connectivity index is 2.00. The monoisotopic (exact) mass is 404 g/mol. The van der Waals surface area contributed by atoms with Crippen LogP contribution in [-0.2, 0) is 15.8 Å². The zero-order valence-corrected chi connectivity index (χ0v) is 20.2. The standard InChI is InChI=1S/C24H40O3Si/c1-17(2)21-14-23(27-28(8,9)24(4,5)6)18(3)22(21)16-26-15-19-10-12-20(25-7)13-11-19/h10-13,18,21-23H,1,14-16H2,2-9H3/t18-,21-,22-,23+/m1/s1. The van der Waals surface area contributed by atoms with Crippen LogP contribution in [0.2, 0.25) is 18.1 Å². The fraction of sp³-hybridized carbons (Fsp3) is 0.667. The molecule has 4 heteroatoms. The molecule has 1 aromatic carbocycles. The van der Waals surface area contributed by atoms with E-state index in [1.807, 2.05) is 12.1 Å². The van der Waals surface area contributed by atoms with Gasteiger partial charge in [0, 0.05) is 6.10 Å². The maximum absolute atomic E-state index is 6.80. The van der Waals surface area contributed by atoms with Gasteiger partial charge < -0.3 is 13.9 Å². The van der Waals surface area contributed by atoms with Crippen LogP contribution in [0.5, 0.6) is 5.75 Å². The van der Waals surface area contributed by atoms with Crippen molar-refractivity contribution in [2.75, 3.05) is 13.7 Å². The summed E-state index contributed by atoms with van der Waals surface area (Å²) in [6.45, 7) is 21.8. The Labute approximate surface area is 173 Å². The van der Waals surface area contributed by atoms with E-state index in [4.69, 9.17) is 13.9 Å². The first-order chi connectivity index (χ1) is 13.0. The lowest BCUT2D eigenvalue weighted by Crippen LogP contribution is -2.44. The van der Waals surface area contributed by atoms with Crippen molar-refractivity contribution in [2.24, 2.45) is 17.8 Å². The van der Waals surface area contributed by atoms with Crippen LogP contribution in [0.15, 0.2) is 36.4 Å². The third-order valence-corrected chi connectivity index (χ3v) is 11.4. The van der Waals surface area contributed by atoms with Gasteiger partial charge in [-0.05, 0) is 66.9 Å². The van der Waals surface area contributed by atoms with Crippen molar-refractivity contribution in [1.82, 2.24) is 0 Å². The number of rotatable bonds is 8. The predicted octanol–water partition coefficient (Wildman–Crippen LogP) is 6.45. The molecular weight excluding hydrogens is 364 g/mol. The van der Waals surface area contributed by atoms with Crippen LogP contribution in [0.25, 0.3) is 0 Å². The Hall–Kier alpha value is -1.10. The predicted molar refractivity (Wildman–Crippen MR) is 120 cm³/mol. The quantitative estimate of drug-likeness (QED) is 0.368. The highest BCUT2D eigenvalue weighted by Gasteiger charge is 2.46. The van der Waals surface area contributed by atoms with Gasteiger partial charge in [-0.3, -0.25) is 0 Å². The zero-order chi connectivity index (χ0) is 21.1. The van der Waals surface area contributed by atoms with E-state index in [0.29, 0.717) is 30.5 Å². The van der Waals surface area contributed by atoms with Crippen LogP contribution in [-0.4, -0.2) is 28.1 Å². The topological polar surface area (TPSA) is 27.7 Å². The van der Waals surface area contributed by atoms with Crippen LogP contribution >= 0.6 is 0 Å². The van der Waals surface area contributed by atoms with Crippen molar-refractivity contribution in [3.05, 3.63) is 42.0 Å². The van der Waals surface area contributed by atoms with Gasteiger partial charge in [0.05, 0.1) is 20.3 Å². The number of allylic oxidation sites excluding steroid dienone is 1. The molecule has 0 aliphatic heterocycles. The van der Waals surface area contributed by atoms with Gasteiger partial charge in [-0.2, -0.15) is 0 Å². The molecule has 0 radical (unpaired) electrons. The summed E-state index contributed by atoms with van der Waals surface area (Å²) >= 11 is 0. The molecule has 2 rings (SSSR count). The molecule has 1 aliphatic rings. The van der Waals surface area contributed by atoms with E-state index in [1.54, 1.807) is 7.11 Å². The fourth-order valence-corrected chi connectivity index (χ4v) is 5.28. The number of methoxy groups -OCH3 is 1. The van der Waals surface area contributed by atoms with E-state index in [2.05, 4.69) is 66.4 Å². The molecule has 0 heterocycles. The second kappa shape index (κ2) is 9.14. The number of ether oxygens (including phenoxy) is 2. The Kier molecular flexibility index (Phi) is 7.57.